The molecule has 0 radical (unpaired) electrons. The van der Waals surface area contributed by atoms with Crippen molar-refractivity contribution in [2.75, 3.05) is 20.8 Å². The van der Waals surface area contributed by atoms with Gasteiger partial charge in [0.25, 0.3) is 0 Å². The average Bonchev–Trinajstić information content (AvgIpc) is 2.26. The number of amides is 1. The van der Waals surface area contributed by atoms with Crippen molar-refractivity contribution in [1.82, 2.24) is 5.32 Å². The molecule has 0 fully saturated rings. The number of rotatable bonds is 8. The lowest BCUT2D eigenvalue weighted by Gasteiger charge is -2.16. The fourth-order valence-corrected chi connectivity index (χ4v) is 1.12. The topological polar surface area (TPSA) is 67.8 Å². The van der Waals surface area contributed by atoms with Crippen LogP contribution in [0.25, 0.3) is 0 Å². The normalized spacial score (nSPS) is 12.4. The summed E-state index contributed by atoms with van der Waals surface area (Å²) >= 11 is 0. The van der Waals surface area contributed by atoms with Crippen LogP contribution >= 0.6 is 0 Å². The summed E-state index contributed by atoms with van der Waals surface area (Å²) in [5, 5.41) is 12.0. The number of aliphatic hydroxyl groups is 1. The summed E-state index contributed by atoms with van der Waals surface area (Å²) in [6, 6.07) is 0. The van der Waals surface area contributed by atoms with Gasteiger partial charge in [0.1, 0.15) is 0 Å². The molecule has 0 heterocycles. The van der Waals surface area contributed by atoms with Crippen LogP contribution in [-0.2, 0) is 14.3 Å². The Kier molecular flexibility index (Phi) is 7.78. The Morgan fingerprint density at radius 2 is 2.00 bits per heavy atom. The summed E-state index contributed by atoms with van der Waals surface area (Å²) in [5.74, 6) is -0.210. The van der Waals surface area contributed by atoms with Gasteiger partial charge in [-0.2, -0.15) is 0 Å². The smallest absolute Gasteiger partial charge is 0.243 e. The molecule has 0 bridgehead atoms. The highest BCUT2D eigenvalue weighted by molar-refractivity contribution is 5.87. The Morgan fingerprint density at radius 3 is 2.47 bits per heavy atom. The quantitative estimate of drug-likeness (QED) is 0.491. The van der Waals surface area contributed by atoms with E-state index in [2.05, 4.69) is 5.32 Å². The van der Waals surface area contributed by atoms with Crippen LogP contribution in [-0.4, -0.2) is 43.7 Å². The van der Waals surface area contributed by atoms with E-state index < -0.39 is 5.60 Å². The third kappa shape index (κ3) is 9.99. The summed E-state index contributed by atoms with van der Waals surface area (Å²) in [5.41, 5.74) is -0.888. The van der Waals surface area contributed by atoms with Gasteiger partial charge in [0.15, 0.2) is 6.29 Å². The van der Waals surface area contributed by atoms with Crippen LogP contribution in [0.3, 0.4) is 0 Å². The highest BCUT2D eigenvalue weighted by Gasteiger charge is 2.12. The van der Waals surface area contributed by atoms with Crippen molar-refractivity contribution in [1.29, 1.82) is 0 Å². The van der Waals surface area contributed by atoms with E-state index in [9.17, 15) is 9.90 Å². The highest BCUT2D eigenvalue weighted by Crippen LogP contribution is 2.02. The van der Waals surface area contributed by atoms with Gasteiger partial charge in [-0.1, -0.05) is 6.08 Å². The third-order valence-corrected chi connectivity index (χ3v) is 2.06. The fraction of sp³-hybridized carbons (Fsp3) is 0.750. The van der Waals surface area contributed by atoms with Gasteiger partial charge in [0.2, 0.25) is 5.91 Å². The monoisotopic (exact) mass is 245 g/mol. The standard InChI is InChI=1S/C12H23NO4/c1-12(2,15)9-13-10(14)7-5-6-8-11(16-3)17-4/h5,7,11,15H,6,8-9H2,1-4H3,(H,13,14)/b7-5+. The SMILES string of the molecule is COC(CC/C=C/C(=O)NCC(C)(C)O)OC. The lowest BCUT2D eigenvalue weighted by Crippen LogP contribution is -2.37. The predicted octanol–water partition coefficient (Wildman–Crippen LogP) is 0.829. The van der Waals surface area contributed by atoms with Gasteiger partial charge in [-0.05, 0) is 26.3 Å². The Morgan fingerprint density at radius 1 is 1.41 bits per heavy atom. The lowest BCUT2D eigenvalue weighted by molar-refractivity contribution is -0.117. The molecule has 5 heteroatoms. The molecule has 0 aliphatic rings. The molecule has 100 valence electrons. The predicted molar refractivity (Wildman–Crippen MR) is 65.5 cm³/mol. The molecule has 0 aromatic carbocycles. The van der Waals surface area contributed by atoms with Gasteiger partial charge < -0.3 is 19.9 Å². The maximum Gasteiger partial charge on any atom is 0.243 e. The Balaban J connectivity index is 3.74. The summed E-state index contributed by atoms with van der Waals surface area (Å²) in [6.07, 6.45) is 4.36. The molecule has 0 aromatic heterocycles. The number of carbonyl (C=O) groups is 1. The van der Waals surface area contributed by atoms with Gasteiger partial charge in [-0.15, -0.1) is 0 Å². The van der Waals surface area contributed by atoms with Gasteiger partial charge in [0, 0.05) is 27.2 Å². The molecule has 1 amide bonds. The first-order valence-electron chi connectivity index (χ1n) is 5.61. The van der Waals surface area contributed by atoms with E-state index in [1.807, 2.05) is 0 Å². The van der Waals surface area contributed by atoms with Crippen molar-refractivity contribution in [2.45, 2.75) is 38.6 Å². The maximum absolute atomic E-state index is 11.3. The summed E-state index contributed by atoms with van der Waals surface area (Å²) in [7, 11) is 3.15. The van der Waals surface area contributed by atoms with Crippen molar-refractivity contribution in [3.63, 3.8) is 0 Å². The van der Waals surface area contributed by atoms with Crippen LogP contribution in [0, 0.1) is 0 Å². The summed E-state index contributed by atoms with van der Waals surface area (Å²) in [4.78, 5) is 11.3. The van der Waals surface area contributed by atoms with Crippen LogP contribution in [0.5, 0.6) is 0 Å². The number of hydrogen-bond acceptors (Lipinski definition) is 4. The zero-order valence-corrected chi connectivity index (χ0v) is 11.0. The van der Waals surface area contributed by atoms with Crippen molar-refractivity contribution in [2.24, 2.45) is 0 Å². The molecule has 0 aliphatic carbocycles. The van der Waals surface area contributed by atoms with Gasteiger partial charge in [-0.25, -0.2) is 0 Å². The summed E-state index contributed by atoms with van der Waals surface area (Å²) < 4.78 is 10.0. The molecular weight excluding hydrogens is 222 g/mol. The van der Waals surface area contributed by atoms with Crippen molar-refractivity contribution in [3.8, 4) is 0 Å². The minimum atomic E-state index is -0.888. The van der Waals surface area contributed by atoms with E-state index in [0.717, 1.165) is 0 Å². The van der Waals surface area contributed by atoms with E-state index in [1.165, 1.54) is 6.08 Å². The first-order valence-corrected chi connectivity index (χ1v) is 5.61. The van der Waals surface area contributed by atoms with Crippen LogP contribution < -0.4 is 5.32 Å². The minimum Gasteiger partial charge on any atom is -0.389 e. The molecule has 0 aliphatic heterocycles. The first-order chi connectivity index (χ1) is 7.89. The van der Waals surface area contributed by atoms with Gasteiger partial charge in [0.05, 0.1) is 5.60 Å². The Bertz CT molecular complexity index is 241. The number of carbonyl (C=O) groups excluding carboxylic acids is 1. The van der Waals surface area contributed by atoms with E-state index in [-0.39, 0.29) is 18.7 Å². The van der Waals surface area contributed by atoms with Crippen LogP contribution in [0.4, 0.5) is 0 Å². The molecule has 0 aromatic rings. The second-order valence-electron chi connectivity index (χ2n) is 4.41. The Labute approximate surface area is 103 Å². The summed E-state index contributed by atoms with van der Waals surface area (Å²) in [6.45, 7) is 3.51. The van der Waals surface area contributed by atoms with Gasteiger partial charge >= 0.3 is 0 Å². The van der Waals surface area contributed by atoms with Crippen molar-refractivity contribution >= 4 is 5.91 Å². The van der Waals surface area contributed by atoms with Crippen LogP contribution in [0.15, 0.2) is 12.2 Å². The fourth-order valence-electron chi connectivity index (χ4n) is 1.12. The van der Waals surface area contributed by atoms with Crippen molar-refractivity contribution < 1.29 is 19.4 Å². The molecule has 0 saturated heterocycles. The number of ether oxygens (including phenoxy) is 2. The molecule has 0 unspecified atom stereocenters. The van der Waals surface area contributed by atoms with Crippen LogP contribution in [0.1, 0.15) is 26.7 Å². The molecular formula is C12H23NO4. The van der Waals surface area contributed by atoms with E-state index in [0.29, 0.717) is 12.8 Å². The second-order valence-corrected chi connectivity index (χ2v) is 4.41. The third-order valence-electron chi connectivity index (χ3n) is 2.06. The van der Waals surface area contributed by atoms with E-state index in [4.69, 9.17) is 9.47 Å². The largest absolute Gasteiger partial charge is 0.389 e. The average molecular weight is 245 g/mol. The highest BCUT2D eigenvalue weighted by atomic mass is 16.7. The molecule has 17 heavy (non-hydrogen) atoms. The number of hydrogen-bond donors (Lipinski definition) is 2. The molecule has 0 spiro atoms. The molecule has 5 nitrogen and oxygen atoms in total. The number of nitrogens with one attached hydrogen (secondary N) is 1. The molecule has 0 rings (SSSR count). The van der Waals surface area contributed by atoms with Gasteiger partial charge in [-0.3, -0.25) is 4.79 Å². The number of methoxy groups -OCH3 is 2. The Hall–Kier alpha value is -0.910. The van der Waals surface area contributed by atoms with Crippen molar-refractivity contribution in [3.05, 3.63) is 12.2 Å². The van der Waals surface area contributed by atoms with E-state index in [1.54, 1.807) is 34.1 Å². The zero-order chi connectivity index (χ0) is 13.3. The number of allylic oxidation sites excluding steroid dienone is 1. The second kappa shape index (κ2) is 8.22. The lowest BCUT2D eigenvalue weighted by atomic mass is 10.1. The zero-order valence-electron chi connectivity index (χ0n) is 11.0. The van der Waals surface area contributed by atoms with Crippen LogP contribution in [0.2, 0.25) is 0 Å². The molecule has 2 N–H and O–H groups in total. The molecule has 0 saturated carbocycles. The first kappa shape index (κ1) is 16.1. The maximum atomic E-state index is 11.3. The van der Waals surface area contributed by atoms with E-state index >= 15 is 0 Å². The minimum absolute atomic E-state index is 0.210. The molecule has 0 atom stereocenters.